The van der Waals surface area contributed by atoms with Crippen LogP contribution in [0.5, 0.6) is 5.75 Å². The van der Waals surface area contributed by atoms with Crippen molar-refractivity contribution in [2.75, 3.05) is 7.11 Å². The zero-order chi connectivity index (χ0) is 17.1. The number of rotatable bonds is 6. The van der Waals surface area contributed by atoms with E-state index in [-0.39, 0.29) is 0 Å². The van der Waals surface area contributed by atoms with Crippen molar-refractivity contribution in [3.8, 4) is 17.0 Å². The van der Waals surface area contributed by atoms with Crippen LogP contribution in [0.4, 0.5) is 0 Å². The largest absolute Gasteiger partial charge is 0.496 e. The number of benzene rings is 1. The van der Waals surface area contributed by atoms with Crippen molar-refractivity contribution in [3.63, 3.8) is 0 Å². The molecular weight excluding hydrogens is 338 g/mol. The number of aromatic nitrogens is 5. The van der Waals surface area contributed by atoms with Crippen molar-refractivity contribution in [2.24, 2.45) is 0 Å². The fourth-order valence-corrected chi connectivity index (χ4v) is 3.98. The fourth-order valence-electron chi connectivity index (χ4n) is 3.16. The average Bonchev–Trinajstić information content (AvgIpc) is 3.40. The highest BCUT2D eigenvalue weighted by Gasteiger charge is 2.22. The van der Waals surface area contributed by atoms with Gasteiger partial charge in [-0.25, -0.2) is 4.68 Å². The van der Waals surface area contributed by atoms with E-state index in [1.165, 1.54) is 12.8 Å². The number of para-hydroxylation sites is 1. The van der Waals surface area contributed by atoms with Crippen LogP contribution in [0.1, 0.15) is 37.5 Å². The van der Waals surface area contributed by atoms with E-state index in [0.717, 1.165) is 40.8 Å². The van der Waals surface area contributed by atoms with Gasteiger partial charge in [0.15, 0.2) is 0 Å². The molecule has 1 aromatic carbocycles. The Morgan fingerprint density at radius 2 is 2.12 bits per heavy atom. The molecule has 2 heterocycles. The molecule has 4 rings (SSSR count). The summed E-state index contributed by atoms with van der Waals surface area (Å²) >= 11 is 1.57. The molecule has 1 aliphatic rings. The van der Waals surface area contributed by atoms with Gasteiger partial charge in [-0.3, -0.25) is 0 Å². The van der Waals surface area contributed by atoms with Crippen LogP contribution in [0.25, 0.3) is 11.3 Å². The van der Waals surface area contributed by atoms with Crippen LogP contribution in [0.2, 0.25) is 0 Å². The Bertz CT molecular complexity index is 841. The molecule has 1 aliphatic carbocycles. The van der Waals surface area contributed by atoms with Crippen molar-refractivity contribution in [3.05, 3.63) is 36.1 Å². The first-order chi connectivity index (χ1) is 12.3. The Balaban J connectivity index is 1.46. The summed E-state index contributed by atoms with van der Waals surface area (Å²) in [5.41, 5.74) is 1.68. The zero-order valence-electron chi connectivity index (χ0n) is 14.0. The Kier molecular flexibility index (Phi) is 4.69. The van der Waals surface area contributed by atoms with E-state index in [4.69, 9.17) is 9.26 Å². The highest BCUT2D eigenvalue weighted by Crippen LogP contribution is 2.33. The lowest BCUT2D eigenvalue weighted by Gasteiger charge is -2.09. The number of nitrogens with zero attached hydrogens (tertiary/aromatic N) is 5. The summed E-state index contributed by atoms with van der Waals surface area (Å²) in [6, 6.07) is 10.1. The predicted octanol–water partition coefficient (Wildman–Crippen LogP) is 3.74. The maximum absolute atomic E-state index is 5.48. The third-order valence-corrected chi connectivity index (χ3v) is 5.37. The highest BCUT2D eigenvalue weighted by atomic mass is 32.2. The Labute approximate surface area is 149 Å². The van der Waals surface area contributed by atoms with E-state index in [1.54, 1.807) is 18.9 Å². The first-order valence-electron chi connectivity index (χ1n) is 8.35. The maximum atomic E-state index is 5.48. The van der Waals surface area contributed by atoms with Crippen molar-refractivity contribution < 1.29 is 9.26 Å². The molecular formula is C17H19N5O2S. The Morgan fingerprint density at radius 3 is 2.96 bits per heavy atom. The van der Waals surface area contributed by atoms with Gasteiger partial charge in [0.05, 0.1) is 18.9 Å². The van der Waals surface area contributed by atoms with Crippen LogP contribution in [0, 0.1) is 0 Å². The first-order valence-corrected chi connectivity index (χ1v) is 9.33. The van der Waals surface area contributed by atoms with Crippen LogP contribution in [-0.2, 0) is 5.75 Å². The summed E-state index contributed by atoms with van der Waals surface area (Å²) in [7, 11) is 1.65. The second-order valence-electron chi connectivity index (χ2n) is 6.01. The van der Waals surface area contributed by atoms with Gasteiger partial charge in [0, 0.05) is 11.6 Å². The molecule has 3 aromatic rings. The zero-order valence-corrected chi connectivity index (χ0v) is 14.8. The molecule has 0 aliphatic heterocycles. The molecule has 1 fully saturated rings. The van der Waals surface area contributed by atoms with Gasteiger partial charge in [0.25, 0.3) is 0 Å². The van der Waals surface area contributed by atoms with Crippen molar-refractivity contribution in [1.29, 1.82) is 0 Å². The van der Waals surface area contributed by atoms with E-state index < -0.39 is 0 Å². The third kappa shape index (κ3) is 3.39. The molecule has 25 heavy (non-hydrogen) atoms. The Morgan fingerprint density at radius 1 is 1.28 bits per heavy atom. The smallest absolute Gasteiger partial charge is 0.210 e. The highest BCUT2D eigenvalue weighted by molar-refractivity contribution is 7.98. The molecule has 0 radical (unpaired) electrons. The Hall–Kier alpha value is -2.35. The van der Waals surface area contributed by atoms with Gasteiger partial charge in [0.2, 0.25) is 5.16 Å². The topological polar surface area (TPSA) is 78.9 Å². The van der Waals surface area contributed by atoms with Crippen LogP contribution in [0.15, 0.2) is 40.0 Å². The first kappa shape index (κ1) is 16.1. The molecule has 0 bridgehead atoms. The van der Waals surface area contributed by atoms with Gasteiger partial charge in [-0.2, -0.15) is 0 Å². The normalized spacial score (nSPS) is 14.9. The fraction of sp³-hybridized carbons (Fsp3) is 0.412. The number of hydrogen-bond donors (Lipinski definition) is 0. The summed E-state index contributed by atoms with van der Waals surface area (Å²) in [4.78, 5) is 0. The van der Waals surface area contributed by atoms with Crippen LogP contribution < -0.4 is 4.74 Å². The second-order valence-corrected chi connectivity index (χ2v) is 6.95. The molecule has 8 heteroatoms. The molecule has 0 N–H and O–H groups in total. The molecule has 2 aromatic heterocycles. The van der Waals surface area contributed by atoms with E-state index >= 15 is 0 Å². The molecule has 1 saturated carbocycles. The molecule has 0 spiro atoms. The molecule has 7 nitrogen and oxygen atoms in total. The average molecular weight is 357 g/mol. The van der Waals surface area contributed by atoms with Gasteiger partial charge in [-0.1, -0.05) is 41.9 Å². The minimum absolute atomic E-state index is 0.427. The quantitative estimate of drug-likeness (QED) is 0.622. The summed E-state index contributed by atoms with van der Waals surface area (Å²) < 4.78 is 12.8. The van der Waals surface area contributed by atoms with Crippen molar-refractivity contribution >= 4 is 11.8 Å². The van der Waals surface area contributed by atoms with E-state index in [0.29, 0.717) is 11.8 Å². The van der Waals surface area contributed by atoms with Crippen molar-refractivity contribution in [2.45, 2.75) is 42.6 Å². The standard InChI is InChI=1S/C17H19N5O2S/c1-23-16-9-5-4-8-14(16)15-10-13(24-19-15)11-25-17-18-20-21-22(17)12-6-2-3-7-12/h4-5,8-10,12H,2-3,6-7,11H2,1H3. The van der Waals surface area contributed by atoms with Crippen LogP contribution in [0.3, 0.4) is 0 Å². The van der Waals surface area contributed by atoms with Gasteiger partial charge < -0.3 is 9.26 Å². The molecule has 130 valence electrons. The van der Waals surface area contributed by atoms with Crippen LogP contribution in [-0.4, -0.2) is 32.5 Å². The van der Waals surface area contributed by atoms with Gasteiger partial charge >= 0.3 is 0 Å². The van der Waals surface area contributed by atoms with E-state index in [9.17, 15) is 0 Å². The molecule has 0 atom stereocenters. The monoisotopic (exact) mass is 357 g/mol. The van der Waals surface area contributed by atoms with E-state index in [1.807, 2.05) is 35.0 Å². The lowest BCUT2D eigenvalue weighted by molar-refractivity contribution is 0.394. The lowest BCUT2D eigenvalue weighted by atomic mass is 10.1. The number of thioether (sulfide) groups is 1. The van der Waals surface area contributed by atoms with Crippen molar-refractivity contribution in [1.82, 2.24) is 25.4 Å². The summed E-state index contributed by atoms with van der Waals surface area (Å²) in [6.07, 6.45) is 4.80. The SMILES string of the molecule is COc1ccccc1-c1cc(CSc2nnnn2C2CCCC2)on1. The summed E-state index contributed by atoms with van der Waals surface area (Å²) in [6.45, 7) is 0. The molecule has 0 amide bonds. The number of methoxy groups -OCH3 is 1. The maximum Gasteiger partial charge on any atom is 0.210 e. The molecule has 0 saturated heterocycles. The summed E-state index contributed by atoms with van der Waals surface area (Å²) in [5, 5.41) is 17.1. The lowest BCUT2D eigenvalue weighted by Crippen LogP contribution is -2.08. The van der Waals surface area contributed by atoms with Gasteiger partial charge in [-0.05, 0) is 35.4 Å². The third-order valence-electron chi connectivity index (χ3n) is 4.42. The second kappa shape index (κ2) is 7.26. The van der Waals surface area contributed by atoms with Crippen LogP contribution >= 0.6 is 11.8 Å². The number of ether oxygens (including phenoxy) is 1. The van der Waals surface area contributed by atoms with Gasteiger partial charge in [-0.15, -0.1) is 5.10 Å². The minimum Gasteiger partial charge on any atom is -0.496 e. The summed E-state index contributed by atoms with van der Waals surface area (Å²) in [5.74, 6) is 2.20. The van der Waals surface area contributed by atoms with Gasteiger partial charge in [0.1, 0.15) is 17.2 Å². The number of tetrazole rings is 1. The van der Waals surface area contributed by atoms with E-state index in [2.05, 4.69) is 20.7 Å². The molecule has 0 unspecified atom stereocenters. The number of hydrogen-bond acceptors (Lipinski definition) is 7. The predicted molar refractivity (Wildman–Crippen MR) is 93.4 cm³/mol. The minimum atomic E-state index is 0.427.